The Morgan fingerprint density at radius 2 is 2.14 bits per heavy atom. The summed E-state index contributed by atoms with van der Waals surface area (Å²) in [5.41, 5.74) is 0. The molecule has 21 heavy (non-hydrogen) atoms. The predicted molar refractivity (Wildman–Crippen MR) is 80.1 cm³/mol. The first-order valence-electron chi connectivity index (χ1n) is 7.41. The Hall–Kier alpha value is -1.66. The number of hydrogen-bond acceptors (Lipinski definition) is 6. The van der Waals surface area contributed by atoms with Gasteiger partial charge in [0.2, 0.25) is 0 Å². The van der Waals surface area contributed by atoms with E-state index in [2.05, 4.69) is 14.8 Å². The van der Waals surface area contributed by atoms with Crippen molar-refractivity contribution in [2.45, 2.75) is 19.4 Å². The van der Waals surface area contributed by atoms with Crippen LogP contribution in [0.4, 0.5) is 5.82 Å². The molecule has 1 aromatic rings. The lowest BCUT2D eigenvalue weighted by atomic mass is 10.2. The van der Waals surface area contributed by atoms with Gasteiger partial charge in [-0.05, 0) is 19.1 Å². The summed E-state index contributed by atoms with van der Waals surface area (Å²) in [6.45, 7) is 6.10. The first-order chi connectivity index (χ1) is 10.2. The van der Waals surface area contributed by atoms with Gasteiger partial charge in [-0.1, -0.05) is 6.07 Å². The molecule has 0 aliphatic carbocycles. The molecule has 1 N–H and O–H groups in total. The third-order valence-corrected chi connectivity index (χ3v) is 3.52. The third-order valence-electron chi connectivity index (χ3n) is 3.52. The smallest absolute Gasteiger partial charge is 0.308 e. The van der Waals surface area contributed by atoms with E-state index in [0.29, 0.717) is 13.2 Å². The lowest BCUT2D eigenvalue weighted by Gasteiger charge is -2.36. The number of piperazine rings is 1. The van der Waals surface area contributed by atoms with Crippen LogP contribution in [0.2, 0.25) is 0 Å². The van der Waals surface area contributed by atoms with E-state index in [9.17, 15) is 9.90 Å². The highest BCUT2D eigenvalue weighted by Crippen LogP contribution is 2.13. The van der Waals surface area contributed by atoms with Gasteiger partial charge in [0.15, 0.2) is 0 Å². The van der Waals surface area contributed by atoms with Gasteiger partial charge in [-0.25, -0.2) is 4.98 Å². The molecule has 1 saturated heterocycles. The fraction of sp³-hybridized carbons (Fsp3) is 0.600. The molecule has 1 aromatic heterocycles. The summed E-state index contributed by atoms with van der Waals surface area (Å²) in [7, 11) is 0. The number of β-amino-alcohol motifs (C(OH)–C–C–N with tert-alkyl or cyclic N) is 1. The van der Waals surface area contributed by atoms with Crippen molar-refractivity contribution >= 4 is 11.8 Å². The minimum Gasteiger partial charge on any atom is -0.466 e. The van der Waals surface area contributed by atoms with Crippen molar-refractivity contribution in [3.8, 4) is 0 Å². The second-order valence-electron chi connectivity index (χ2n) is 5.14. The van der Waals surface area contributed by atoms with Gasteiger partial charge in [-0.3, -0.25) is 9.69 Å². The van der Waals surface area contributed by atoms with Crippen LogP contribution in [0, 0.1) is 0 Å². The topological polar surface area (TPSA) is 65.9 Å². The highest BCUT2D eigenvalue weighted by molar-refractivity contribution is 5.69. The zero-order valence-electron chi connectivity index (χ0n) is 12.4. The molecule has 2 rings (SSSR count). The van der Waals surface area contributed by atoms with Crippen LogP contribution in [0.1, 0.15) is 13.3 Å². The molecular weight excluding hydrogens is 270 g/mol. The maximum Gasteiger partial charge on any atom is 0.308 e. The summed E-state index contributed by atoms with van der Waals surface area (Å²) in [5.74, 6) is 0.654. The van der Waals surface area contributed by atoms with Crippen LogP contribution < -0.4 is 4.90 Å². The summed E-state index contributed by atoms with van der Waals surface area (Å²) < 4.78 is 4.84. The second-order valence-corrected chi connectivity index (χ2v) is 5.14. The average Bonchev–Trinajstić information content (AvgIpc) is 2.49. The molecule has 1 atom stereocenters. The van der Waals surface area contributed by atoms with Crippen molar-refractivity contribution in [3.63, 3.8) is 0 Å². The van der Waals surface area contributed by atoms with Gasteiger partial charge in [0, 0.05) is 38.9 Å². The van der Waals surface area contributed by atoms with Crippen LogP contribution in [0.25, 0.3) is 0 Å². The summed E-state index contributed by atoms with van der Waals surface area (Å²) in [4.78, 5) is 20.1. The summed E-state index contributed by atoms with van der Waals surface area (Å²) in [6, 6.07) is 5.90. The second kappa shape index (κ2) is 7.95. The number of esters is 1. The molecule has 0 aromatic carbocycles. The van der Waals surface area contributed by atoms with Crippen molar-refractivity contribution in [1.82, 2.24) is 9.88 Å². The molecule has 2 heterocycles. The van der Waals surface area contributed by atoms with Crippen LogP contribution in [-0.2, 0) is 9.53 Å². The molecule has 0 radical (unpaired) electrons. The number of nitrogens with zero attached hydrogens (tertiary/aromatic N) is 3. The van der Waals surface area contributed by atoms with Crippen LogP contribution in [-0.4, -0.2) is 66.4 Å². The predicted octanol–water partition coefficient (Wildman–Crippen LogP) is 0.518. The maximum absolute atomic E-state index is 11.3. The average molecular weight is 293 g/mol. The molecule has 0 amide bonds. The molecule has 0 saturated carbocycles. The fourth-order valence-corrected chi connectivity index (χ4v) is 2.48. The summed E-state index contributed by atoms with van der Waals surface area (Å²) >= 11 is 0. The highest BCUT2D eigenvalue weighted by Gasteiger charge is 2.21. The van der Waals surface area contributed by atoms with Crippen LogP contribution in [0.5, 0.6) is 0 Å². The standard InChI is InChI=1S/C15H23N3O3/c1-2-21-15(20)11-13(19)12-17-7-9-18(10-8-17)14-5-3-4-6-16-14/h3-6,13,19H,2,7-12H2,1H3. The van der Waals surface area contributed by atoms with E-state index in [0.717, 1.165) is 32.0 Å². The summed E-state index contributed by atoms with van der Waals surface area (Å²) in [5, 5.41) is 9.91. The highest BCUT2D eigenvalue weighted by atomic mass is 16.5. The number of ether oxygens (including phenoxy) is 1. The van der Waals surface area contributed by atoms with Gasteiger partial charge in [-0.2, -0.15) is 0 Å². The molecule has 0 spiro atoms. The molecule has 6 heteroatoms. The molecular formula is C15H23N3O3. The Bertz CT molecular complexity index is 433. The van der Waals surface area contributed by atoms with Gasteiger partial charge in [-0.15, -0.1) is 0 Å². The van der Waals surface area contributed by atoms with Gasteiger partial charge in [0.25, 0.3) is 0 Å². The molecule has 0 bridgehead atoms. The van der Waals surface area contributed by atoms with Crippen molar-refractivity contribution in [2.75, 3.05) is 44.2 Å². The number of aliphatic hydroxyl groups is 1. The van der Waals surface area contributed by atoms with Crippen molar-refractivity contribution in [1.29, 1.82) is 0 Å². The lowest BCUT2D eigenvalue weighted by molar-refractivity contribution is -0.145. The Kier molecular flexibility index (Phi) is 5.95. The molecule has 1 aliphatic rings. The van der Waals surface area contributed by atoms with E-state index in [1.807, 2.05) is 18.2 Å². The molecule has 1 aliphatic heterocycles. The lowest BCUT2D eigenvalue weighted by Crippen LogP contribution is -2.49. The van der Waals surface area contributed by atoms with E-state index in [4.69, 9.17) is 4.74 Å². The molecule has 6 nitrogen and oxygen atoms in total. The van der Waals surface area contributed by atoms with Crippen LogP contribution in [0.3, 0.4) is 0 Å². The first-order valence-corrected chi connectivity index (χ1v) is 7.41. The zero-order valence-corrected chi connectivity index (χ0v) is 12.4. The minimum absolute atomic E-state index is 0.0638. The number of pyridine rings is 1. The van der Waals surface area contributed by atoms with Crippen LogP contribution >= 0.6 is 0 Å². The quantitative estimate of drug-likeness (QED) is 0.771. The van der Waals surface area contributed by atoms with Crippen molar-refractivity contribution in [2.24, 2.45) is 0 Å². The SMILES string of the molecule is CCOC(=O)CC(O)CN1CCN(c2ccccn2)CC1. The van der Waals surface area contributed by atoms with E-state index < -0.39 is 6.10 Å². The number of hydrogen-bond donors (Lipinski definition) is 1. The van der Waals surface area contributed by atoms with Gasteiger partial charge in [0.05, 0.1) is 19.1 Å². The number of carbonyl (C=O) groups excluding carboxylic acids is 1. The van der Waals surface area contributed by atoms with Gasteiger partial charge in [0.1, 0.15) is 5.82 Å². The number of rotatable bonds is 6. The Morgan fingerprint density at radius 3 is 2.76 bits per heavy atom. The van der Waals surface area contributed by atoms with Crippen LogP contribution in [0.15, 0.2) is 24.4 Å². The van der Waals surface area contributed by atoms with E-state index in [1.165, 1.54) is 0 Å². The number of anilines is 1. The molecule has 116 valence electrons. The monoisotopic (exact) mass is 293 g/mol. The third kappa shape index (κ3) is 4.99. The Labute approximate surface area is 125 Å². The zero-order chi connectivity index (χ0) is 15.1. The van der Waals surface area contributed by atoms with E-state index in [-0.39, 0.29) is 12.4 Å². The first kappa shape index (κ1) is 15.7. The largest absolute Gasteiger partial charge is 0.466 e. The minimum atomic E-state index is -0.662. The number of aromatic nitrogens is 1. The number of aliphatic hydroxyl groups excluding tert-OH is 1. The van der Waals surface area contributed by atoms with Gasteiger partial charge >= 0.3 is 5.97 Å². The van der Waals surface area contributed by atoms with Crippen molar-refractivity contribution < 1.29 is 14.6 Å². The number of carbonyl (C=O) groups is 1. The molecule has 1 fully saturated rings. The molecule has 1 unspecified atom stereocenters. The van der Waals surface area contributed by atoms with E-state index >= 15 is 0 Å². The Morgan fingerprint density at radius 1 is 1.38 bits per heavy atom. The van der Waals surface area contributed by atoms with Crippen molar-refractivity contribution in [3.05, 3.63) is 24.4 Å². The normalized spacial score (nSPS) is 17.5. The van der Waals surface area contributed by atoms with Gasteiger partial charge < -0.3 is 14.7 Å². The maximum atomic E-state index is 11.3. The van der Waals surface area contributed by atoms with E-state index in [1.54, 1.807) is 13.1 Å². The fourth-order valence-electron chi connectivity index (χ4n) is 2.48. The Balaban J connectivity index is 1.73. The summed E-state index contributed by atoms with van der Waals surface area (Å²) in [6.07, 6.45) is 1.20.